The summed E-state index contributed by atoms with van der Waals surface area (Å²) in [5, 5.41) is 6.14. The van der Waals surface area contributed by atoms with Crippen LogP contribution in [0.15, 0.2) is 88.4 Å². The fraction of sp³-hybridized carbons (Fsp3) is 0.143. The smallest absolute Gasteiger partial charge is 0.416 e. The lowest BCUT2D eigenvalue weighted by Gasteiger charge is -2.15. The molecule has 0 heterocycles. The van der Waals surface area contributed by atoms with Crippen molar-refractivity contribution in [2.75, 3.05) is 6.61 Å². The van der Waals surface area contributed by atoms with Gasteiger partial charge in [-0.25, -0.2) is 5.43 Å². The van der Waals surface area contributed by atoms with E-state index in [1.807, 2.05) is 43.3 Å². The number of hydrazone groups is 1. The molecular formula is C28H22BrF3N2O3. The van der Waals surface area contributed by atoms with E-state index in [-0.39, 0.29) is 5.56 Å². The monoisotopic (exact) mass is 570 g/mol. The van der Waals surface area contributed by atoms with Gasteiger partial charge in [0, 0.05) is 5.56 Å². The summed E-state index contributed by atoms with van der Waals surface area (Å²) in [5.74, 6) is 0.227. The van der Waals surface area contributed by atoms with Crippen molar-refractivity contribution in [3.8, 4) is 11.5 Å². The Bertz CT molecular complexity index is 1450. The Kier molecular flexibility index (Phi) is 8.13. The highest BCUT2D eigenvalue weighted by Gasteiger charge is 2.30. The third-order valence-electron chi connectivity index (χ3n) is 5.36. The first kappa shape index (κ1) is 26.2. The summed E-state index contributed by atoms with van der Waals surface area (Å²) in [7, 11) is 0. The minimum atomic E-state index is -4.54. The van der Waals surface area contributed by atoms with E-state index in [1.54, 1.807) is 12.1 Å². The second kappa shape index (κ2) is 11.5. The van der Waals surface area contributed by atoms with Gasteiger partial charge >= 0.3 is 6.18 Å². The van der Waals surface area contributed by atoms with E-state index in [2.05, 4.69) is 32.5 Å². The number of benzene rings is 4. The molecule has 0 radical (unpaired) electrons. The summed E-state index contributed by atoms with van der Waals surface area (Å²) < 4.78 is 51.1. The van der Waals surface area contributed by atoms with Gasteiger partial charge in [-0.2, -0.15) is 18.3 Å². The lowest BCUT2D eigenvalue weighted by molar-refractivity contribution is -0.137. The van der Waals surface area contributed by atoms with E-state index in [0.29, 0.717) is 34.7 Å². The van der Waals surface area contributed by atoms with Crippen LogP contribution in [-0.2, 0) is 12.8 Å². The molecule has 4 rings (SSSR count). The average Bonchev–Trinajstić information content (AvgIpc) is 2.88. The first-order valence-corrected chi connectivity index (χ1v) is 12.1. The summed E-state index contributed by atoms with van der Waals surface area (Å²) >= 11 is 3.50. The number of alkyl halides is 3. The summed E-state index contributed by atoms with van der Waals surface area (Å²) in [6, 6.07) is 21.7. The lowest BCUT2D eigenvalue weighted by atomic mass is 10.1. The van der Waals surface area contributed by atoms with Crippen LogP contribution in [-0.4, -0.2) is 18.7 Å². The molecule has 190 valence electrons. The van der Waals surface area contributed by atoms with E-state index in [9.17, 15) is 18.0 Å². The average molecular weight is 571 g/mol. The molecule has 5 nitrogen and oxygen atoms in total. The Morgan fingerprint density at radius 3 is 2.51 bits per heavy atom. The Morgan fingerprint density at radius 2 is 1.76 bits per heavy atom. The van der Waals surface area contributed by atoms with Gasteiger partial charge in [-0.15, -0.1) is 0 Å². The van der Waals surface area contributed by atoms with Crippen LogP contribution in [0.3, 0.4) is 0 Å². The molecule has 0 atom stereocenters. The molecule has 1 N–H and O–H groups in total. The maximum absolute atomic E-state index is 12.9. The van der Waals surface area contributed by atoms with Crippen LogP contribution in [0.2, 0.25) is 0 Å². The molecule has 0 aliphatic rings. The zero-order valence-electron chi connectivity index (χ0n) is 19.7. The van der Waals surface area contributed by atoms with Crippen LogP contribution in [0.5, 0.6) is 11.5 Å². The molecule has 0 fully saturated rings. The van der Waals surface area contributed by atoms with Crippen molar-refractivity contribution in [1.82, 2.24) is 5.43 Å². The molecule has 0 saturated carbocycles. The quantitative estimate of drug-likeness (QED) is 0.178. The van der Waals surface area contributed by atoms with Crippen molar-refractivity contribution in [2.24, 2.45) is 5.10 Å². The van der Waals surface area contributed by atoms with Gasteiger partial charge in [0.05, 0.1) is 22.9 Å². The summed E-state index contributed by atoms with van der Waals surface area (Å²) in [6.45, 7) is 2.56. The maximum atomic E-state index is 12.9. The number of hydrogen-bond acceptors (Lipinski definition) is 4. The number of carbonyl (C=O) groups excluding carboxylic acids is 1. The zero-order valence-corrected chi connectivity index (χ0v) is 21.3. The van der Waals surface area contributed by atoms with Crippen LogP contribution in [0.1, 0.15) is 34.0 Å². The molecule has 1 amide bonds. The third kappa shape index (κ3) is 6.68. The number of nitrogens with one attached hydrogen (secondary N) is 1. The van der Waals surface area contributed by atoms with E-state index in [4.69, 9.17) is 9.47 Å². The summed E-state index contributed by atoms with van der Waals surface area (Å²) in [4.78, 5) is 12.3. The highest BCUT2D eigenvalue weighted by atomic mass is 79.9. The molecule has 0 spiro atoms. The first-order valence-electron chi connectivity index (χ1n) is 11.3. The molecule has 0 saturated heterocycles. The van der Waals surface area contributed by atoms with Crippen LogP contribution in [0.25, 0.3) is 10.8 Å². The van der Waals surface area contributed by atoms with Crippen molar-refractivity contribution in [2.45, 2.75) is 19.7 Å². The molecule has 0 unspecified atom stereocenters. The predicted molar refractivity (Wildman–Crippen MR) is 140 cm³/mol. The molecule has 37 heavy (non-hydrogen) atoms. The maximum Gasteiger partial charge on any atom is 0.416 e. The van der Waals surface area contributed by atoms with E-state index in [1.165, 1.54) is 18.3 Å². The minimum Gasteiger partial charge on any atom is -0.490 e. The van der Waals surface area contributed by atoms with E-state index >= 15 is 0 Å². The number of amides is 1. The third-order valence-corrected chi connectivity index (χ3v) is 5.95. The van der Waals surface area contributed by atoms with Gasteiger partial charge in [0.25, 0.3) is 5.91 Å². The van der Waals surface area contributed by atoms with E-state index in [0.717, 1.165) is 28.5 Å². The number of nitrogens with zero attached hydrogens (tertiary/aromatic N) is 1. The first-order chi connectivity index (χ1) is 17.7. The molecule has 4 aromatic carbocycles. The molecule has 0 bridgehead atoms. The molecule has 0 aliphatic heterocycles. The van der Waals surface area contributed by atoms with Crippen molar-refractivity contribution in [1.29, 1.82) is 0 Å². The lowest BCUT2D eigenvalue weighted by Crippen LogP contribution is -2.18. The van der Waals surface area contributed by atoms with Crippen LogP contribution in [0, 0.1) is 0 Å². The number of rotatable bonds is 8. The Hall–Kier alpha value is -3.85. The molecule has 0 aromatic heterocycles. The van der Waals surface area contributed by atoms with Crippen LogP contribution >= 0.6 is 15.9 Å². The standard InChI is InChI=1S/C28H22BrF3N2O3/c1-2-36-25-14-19(16-33-34-27(35)22-8-5-9-23(15-22)28(30,31)32)13-24(29)26(25)37-17-18-10-11-20-6-3-4-7-21(20)12-18/h3-16H,2,17H2,1H3,(H,34,35)/b33-16-. The Labute approximate surface area is 220 Å². The predicted octanol–water partition coefficient (Wildman–Crippen LogP) is 7.36. The number of hydrogen-bond donors (Lipinski definition) is 1. The van der Waals surface area contributed by atoms with Crippen molar-refractivity contribution < 1.29 is 27.4 Å². The van der Waals surface area contributed by atoms with Crippen LogP contribution in [0.4, 0.5) is 13.2 Å². The second-order valence-corrected chi connectivity index (χ2v) is 8.87. The number of ether oxygens (including phenoxy) is 2. The van der Waals surface area contributed by atoms with Gasteiger partial charge in [-0.1, -0.05) is 42.5 Å². The van der Waals surface area contributed by atoms with Crippen molar-refractivity contribution in [3.05, 3.63) is 106 Å². The van der Waals surface area contributed by atoms with Gasteiger partial charge in [-0.3, -0.25) is 4.79 Å². The van der Waals surface area contributed by atoms with Gasteiger partial charge in [0.1, 0.15) is 6.61 Å². The summed E-state index contributed by atoms with van der Waals surface area (Å²) in [6.07, 6.45) is -3.18. The fourth-order valence-electron chi connectivity index (χ4n) is 3.62. The number of carbonyl (C=O) groups is 1. The van der Waals surface area contributed by atoms with E-state index < -0.39 is 17.6 Å². The molecular weight excluding hydrogens is 549 g/mol. The summed E-state index contributed by atoms with van der Waals surface area (Å²) in [5.41, 5.74) is 2.77. The van der Waals surface area contributed by atoms with Crippen molar-refractivity contribution in [3.63, 3.8) is 0 Å². The SMILES string of the molecule is CCOc1cc(/C=N\NC(=O)c2cccc(C(F)(F)F)c2)cc(Br)c1OCc1ccc2ccccc2c1. The normalized spacial score (nSPS) is 11.6. The van der Waals surface area contributed by atoms with Gasteiger partial charge in [0.2, 0.25) is 0 Å². The number of halogens is 4. The topological polar surface area (TPSA) is 59.9 Å². The van der Waals surface area contributed by atoms with Gasteiger partial charge in [-0.05, 0) is 81.2 Å². The largest absolute Gasteiger partial charge is 0.490 e. The van der Waals surface area contributed by atoms with Crippen LogP contribution < -0.4 is 14.9 Å². The highest BCUT2D eigenvalue weighted by Crippen LogP contribution is 2.37. The second-order valence-electron chi connectivity index (χ2n) is 8.01. The van der Waals surface area contributed by atoms with Crippen molar-refractivity contribution >= 4 is 38.8 Å². The van der Waals surface area contributed by atoms with Gasteiger partial charge < -0.3 is 9.47 Å². The molecule has 0 aliphatic carbocycles. The minimum absolute atomic E-state index is 0.152. The Morgan fingerprint density at radius 1 is 0.973 bits per heavy atom. The number of fused-ring (bicyclic) bond motifs is 1. The zero-order chi connectivity index (χ0) is 26.4. The molecule has 9 heteroatoms. The van der Waals surface area contributed by atoms with Gasteiger partial charge in [0.15, 0.2) is 11.5 Å². The fourth-order valence-corrected chi connectivity index (χ4v) is 4.19. The molecule has 4 aromatic rings. The Balaban J connectivity index is 1.47. The highest BCUT2D eigenvalue weighted by molar-refractivity contribution is 9.10.